The van der Waals surface area contributed by atoms with E-state index in [9.17, 15) is 4.79 Å². The molecule has 1 saturated carbocycles. The van der Waals surface area contributed by atoms with Crippen LogP contribution < -0.4 is 10.1 Å². The largest absolute Gasteiger partial charge is 0.493 e. The summed E-state index contributed by atoms with van der Waals surface area (Å²) < 4.78 is 5.65. The van der Waals surface area contributed by atoms with E-state index in [0.717, 1.165) is 29.2 Å². The quantitative estimate of drug-likeness (QED) is 0.848. The van der Waals surface area contributed by atoms with Gasteiger partial charge in [-0.2, -0.15) is 0 Å². The van der Waals surface area contributed by atoms with Crippen LogP contribution in [0.25, 0.3) is 0 Å². The van der Waals surface area contributed by atoms with Crippen molar-refractivity contribution < 1.29 is 9.53 Å². The summed E-state index contributed by atoms with van der Waals surface area (Å²) in [5.74, 6) is 1.50. The van der Waals surface area contributed by atoms with Crippen molar-refractivity contribution in [3.63, 3.8) is 0 Å². The van der Waals surface area contributed by atoms with Gasteiger partial charge in [0.2, 0.25) is 5.91 Å². The van der Waals surface area contributed by atoms with Crippen LogP contribution in [0.4, 0.5) is 0 Å². The van der Waals surface area contributed by atoms with Crippen LogP contribution >= 0.6 is 11.3 Å². The van der Waals surface area contributed by atoms with Gasteiger partial charge in [-0.1, -0.05) is 37.5 Å². The Kier molecular flexibility index (Phi) is 5.54. The molecule has 26 heavy (non-hydrogen) atoms. The average molecular weight is 371 g/mol. The lowest BCUT2D eigenvalue weighted by Gasteiger charge is -2.25. The van der Waals surface area contributed by atoms with Crippen molar-refractivity contribution in [1.29, 1.82) is 0 Å². The lowest BCUT2D eigenvalue weighted by molar-refractivity contribution is -0.123. The van der Waals surface area contributed by atoms with Crippen molar-refractivity contribution in [2.45, 2.75) is 56.8 Å². The molecule has 1 unspecified atom stereocenters. The first kappa shape index (κ1) is 17.5. The molecule has 1 aliphatic carbocycles. The Morgan fingerprint density at radius 3 is 2.92 bits per heavy atom. The SMILES string of the molecule is O=C(NCCc1nc(C2CCCCC2)cs1)C1CCOc2ccccc21. The molecule has 1 fully saturated rings. The maximum absolute atomic E-state index is 12.6. The van der Waals surface area contributed by atoms with Crippen molar-refractivity contribution in [3.8, 4) is 5.75 Å². The lowest BCUT2D eigenvalue weighted by atomic mass is 9.87. The van der Waals surface area contributed by atoms with Gasteiger partial charge in [0.15, 0.2) is 0 Å². The molecule has 0 bridgehead atoms. The van der Waals surface area contributed by atoms with Crippen LogP contribution in [0.5, 0.6) is 5.75 Å². The first-order valence-electron chi connectivity index (χ1n) is 9.75. The molecule has 1 aromatic heterocycles. The topological polar surface area (TPSA) is 51.2 Å². The van der Waals surface area contributed by atoms with E-state index in [-0.39, 0.29) is 11.8 Å². The third-order valence-electron chi connectivity index (χ3n) is 5.51. The summed E-state index contributed by atoms with van der Waals surface area (Å²) in [6.45, 7) is 1.25. The highest BCUT2D eigenvalue weighted by Crippen LogP contribution is 2.34. The van der Waals surface area contributed by atoms with Crippen LogP contribution in [0, 0.1) is 0 Å². The number of para-hydroxylation sites is 1. The highest BCUT2D eigenvalue weighted by Gasteiger charge is 2.27. The van der Waals surface area contributed by atoms with Crippen LogP contribution in [0.15, 0.2) is 29.6 Å². The number of thiazole rings is 1. The minimum atomic E-state index is -0.103. The molecule has 4 rings (SSSR count). The van der Waals surface area contributed by atoms with Crippen LogP contribution in [0.2, 0.25) is 0 Å². The number of fused-ring (bicyclic) bond motifs is 1. The average Bonchev–Trinajstić information content (AvgIpc) is 3.17. The zero-order valence-corrected chi connectivity index (χ0v) is 15.9. The Hall–Kier alpha value is -1.88. The predicted molar refractivity (Wildman–Crippen MR) is 104 cm³/mol. The third kappa shape index (κ3) is 3.93. The summed E-state index contributed by atoms with van der Waals surface area (Å²) >= 11 is 1.74. The molecule has 0 spiro atoms. The van der Waals surface area contributed by atoms with E-state index in [2.05, 4.69) is 10.7 Å². The molecule has 2 heterocycles. The summed E-state index contributed by atoms with van der Waals surface area (Å²) in [5, 5.41) is 6.46. The zero-order chi connectivity index (χ0) is 17.8. The van der Waals surface area contributed by atoms with Gasteiger partial charge in [0, 0.05) is 29.8 Å². The molecular formula is C21H26N2O2S. The molecule has 1 amide bonds. The molecule has 2 aromatic rings. The van der Waals surface area contributed by atoms with Gasteiger partial charge in [-0.25, -0.2) is 4.98 Å². The summed E-state index contributed by atoms with van der Waals surface area (Å²) in [4.78, 5) is 17.4. The van der Waals surface area contributed by atoms with E-state index in [1.165, 1.54) is 37.8 Å². The second-order valence-electron chi connectivity index (χ2n) is 7.27. The van der Waals surface area contributed by atoms with Gasteiger partial charge in [0.1, 0.15) is 5.75 Å². The number of amides is 1. The fourth-order valence-electron chi connectivity index (χ4n) is 4.06. The zero-order valence-electron chi connectivity index (χ0n) is 15.1. The highest BCUT2D eigenvalue weighted by molar-refractivity contribution is 7.09. The first-order chi connectivity index (χ1) is 12.8. The van der Waals surface area contributed by atoms with Gasteiger partial charge < -0.3 is 10.1 Å². The molecule has 1 aromatic carbocycles. The molecule has 1 aliphatic heterocycles. The van der Waals surface area contributed by atoms with Crippen LogP contribution in [0.3, 0.4) is 0 Å². The highest BCUT2D eigenvalue weighted by atomic mass is 32.1. The standard InChI is InChI=1S/C21H26N2O2S/c24-21(17-11-13-25-19-9-5-4-8-16(17)19)22-12-10-20-23-18(14-26-20)15-6-2-1-3-7-15/h4-5,8-9,14-15,17H,1-3,6-7,10-13H2,(H,22,24). The van der Waals surface area contributed by atoms with Gasteiger partial charge in [-0.05, 0) is 25.3 Å². The van der Waals surface area contributed by atoms with E-state index in [1.54, 1.807) is 11.3 Å². The van der Waals surface area contributed by atoms with Gasteiger partial charge in [-0.3, -0.25) is 4.79 Å². The minimum absolute atomic E-state index is 0.102. The maximum Gasteiger partial charge on any atom is 0.227 e. The Morgan fingerprint density at radius 1 is 1.19 bits per heavy atom. The molecule has 1 atom stereocenters. The van der Waals surface area contributed by atoms with Gasteiger partial charge in [0.05, 0.1) is 23.2 Å². The van der Waals surface area contributed by atoms with Gasteiger partial charge >= 0.3 is 0 Å². The van der Waals surface area contributed by atoms with Crippen LogP contribution in [-0.4, -0.2) is 24.0 Å². The third-order valence-corrected chi connectivity index (χ3v) is 6.43. The Morgan fingerprint density at radius 2 is 2.04 bits per heavy atom. The number of nitrogens with zero attached hydrogens (tertiary/aromatic N) is 1. The van der Waals surface area contributed by atoms with Crippen molar-refractivity contribution in [1.82, 2.24) is 10.3 Å². The number of carbonyl (C=O) groups is 1. The first-order valence-corrected chi connectivity index (χ1v) is 10.6. The summed E-state index contributed by atoms with van der Waals surface area (Å²) in [6.07, 6.45) is 8.15. The minimum Gasteiger partial charge on any atom is -0.493 e. The molecule has 5 heteroatoms. The number of ether oxygens (including phenoxy) is 1. The number of hydrogen-bond donors (Lipinski definition) is 1. The van der Waals surface area contributed by atoms with Gasteiger partial charge in [-0.15, -0.1) is 11.3 Å². The summed E-state index contributed by atoms with van der Waals surface area (Å²) in [7, 11) is 0. The monoisotopic (exact) mass is 370 g/mol. The van der Waals surface area contributed by atoms with Crippen LogP contribution in [-0.2, 0) is 11.2 Å². The van der Waals surface area contributed by atoms with E-state index >= 15 is 0 Å². The van der Waals surface area contributed by atoms with E-state index in [0.29, 0.717) is 19.1 Å². The number of rotatable bonds is 5. The van der Waals surface area contributed by atoms with E-state index in [4.69, 9.17) is 9.72 Å². The number of nitrogens with one attached hydrogen (secondary N) is 1. The van der Waals surface area contributed by atoms with Crippen LogP contribution in [0.1, 0.15) is 66.6 Å². The maximum atomic E-state index is 12.6. The molecule has 4 nitrogen and oxygen atoms in total. The Bertz CT molecular complexity index is 752. The summed E-state index contributed by atoms with van der Waals surface area (Å²) in [6, 6.07) is 7.86. The molecule has 138 valence electrons. The normalized spacial score (nSPS) is 20.2. The number of aromatic nitrogens is 1. The second kappa shape index (κ2) is 8.21. The smallest absolute Gasteiger partial charge is 0.227 e. The number of hydrogen-bond acceptors (Lipinski definition) is 4. The molecule has 0 radical (unpaired) electrons. The van der Waals surface area contributed by atoms with E-state index in [1.807, 2.05) is 24.3 Å². The van der Waals surface area contributed by atoms with Crippen molar-refractivity contribution in [2.75, 3.05) is 13.2 Å². The molecular weight excluding hydrogens is 344 g/mol. The van der Waals surface area contributed by atoms with E-state index < -0.39 is 0 Å². The van der Waals surface area contributed by atoms with Gasteiger partial charge in [0.25, 0.3) is 0 Å². The second-order valence-corrected chi connectivity index (χ2v) is 8.21. The van der Waals surface area contributed by atoms with Crippen molar-refractivity contribution >= 4 is 17.2 Å². The number of benzene rings is 1. The molecule has 1 N–H and O–H groups in total. The van der Waals surface area contributed by atoms with Crippen molar-refractivity contribution in [3.05, 3.63) is 45.9 Å². The van der Waals surface area contributed by atoms with Crippen molar-refractivity contribution in [2.24, 2.45) is 0 Å². The molecule has 2 aliphatic rings. The predicted octanol–water partition coefficient (Wildman–Crippen LogP) is 4.42. The lowest BCUT2D eigenvalue weighted by Crippen LogP contribution is -2.33. The molecule has 0 saturated heterocycles. The number of carbonyl (C=O) groups excluding carboxylic acids is 1. The fourth-order valence-corrected chi connectivity index (χ4v) is 4.94. The fraction of sp³-hybridized carbons (Fsp3) is 0.524. The Balaban J connectivity index is 1.30. The summed E-state index contributed by atoms with van der Waals surface area (Å²) in [5.41, 5.74) is 2.28. The Labute approximate surface area is 159 Å².